The molecule has 1 aromatic heterocycles. The molecule has 0 aliphatic carbocycles. The van der Waals surface area contributed by atoms with Crippen molar-refractivity contribution in [3.63, 3.8) is 0 Å². The van der Waals surface area contributed by atoms with Gasteiger partial charge in [0.15, 0.2) is 0 Å². The summed E-state index contributed by atoms with van der Waals surface area (Å²) in [4.78, 5) is 4.29. The number of hydrogen-bond donors (Lipinski definition) is 3. The van der Waals surface area contributed by atoms with Gasteiger partial charge < -0.3 is 16.2 Å². The van der Waals surface area contributed by atoms with Crippen molar-refractivity contribution >= 4 is 22.3 Å². The molecule has 2 aromatic rings. The fraction of sp³-hybridized carbons (Fsp3) is 0.400. The average molecular weight is 259 g/mol. The van der Waals surface area contributed by atoms with E-state index in [0.717, 1.165) is 23.0 Å². The van der Waals surface area contributed by atoms with Gasteiger partial charge in [-0.15, -0.1) is 0 Å². The lowest BCUT2D eigenvalue weighted by molar-refractivity contribution is 0.252. The highest BCUT2D eigenvalue weighted by Crippen LogP contribution is 2.31. The topological polar surface area (TPSA) is 71.2 Å². The van der Waals surface area contributed by atoms with Crippen LogP contribution in [-0.4, -0.2) is 22.2 Å². The Balaban J connectivity index is 2.38. The summed E-state index contributed by atoms with van der Waals surface area (Å²) in [6.45, 7) is 4.35. The molecule has 0 saturated heterocycles. The first-order chi connectivity index (χ1) is 9.09. The SMILES string of the molecule is CCC(C)(CCO)Nc1ccc2ncccc2c1N. The van der Waals surface area contributed by atoms with Gasteiger partial charge in [-0.2, -0.15) is 0 Å². The molecule has 4 nitrogen and oxygen atoms in total. The van der Waals surface area contributed by atoms with Crippen LogP contribution in [0, 0.1) is 0 Å². The fourth-order valence-corrected chi connectivity index (χ4v) is 2.18. The molecular formula is C15H21N3O. The zero-order valence-electron chi connectivity index (χ0n) is 11.5. The predicted molar refractivity (Wildman–Crippen MR) is 80.2 cm³/mol. The van der Waals surface area contributed by atoms with Gasteiger partial charge in [-0.1, -0.05) is 6.92 Å². The van der Waals surface area contributed by atoms with E-state index in [9.17, 15) is 5.11 Å². The van der Waals surface area contributed by atoms with Crippen molar-refractivity contribution < 1.29 is 5.11 Å². The molecular weight excluding hydrogens is 238 g/mol. The van der Waals surface area contributed by atoms with E-state index in [1.807, 2.05) is 24.3 Å². The third-order valence-corrected chi connectivity index (χ3v) is 3.71. The van der Waals surface area contributed by atoms with Gasteiger partial charge in [-0.05, 0) is 44.0 Å². The van der Waals surface area contributed by atoms with Crippen LogP contribution in [-0.2, 0) is 0 Å². The molecule has 0 radical (unpaired) electrons. The Morgan fingerprint density at radius 3 is 2.84 bits per heavy atom. The van der Waals surface area contributed by atoms with Crippen LogP contribution in [0.1, 0.15) is 26.7 Å². The van der Waals surface area contributed by atoms with Crippen LogP contribution in [0.25, 0.3) is 10.9 Å². The van der Waals surface area contributed by atoms with Gasteiger partial charge in [0.25, 0.3) is 0 Å². The smallest absolute Gasteiger partial charge is 0.0724 e. The summed E-state index contributed by atoms with van der Waals surface area (Å²) in [5, 5.41) is 13.6. The number of anilines is 2. The quantitative estimate of drug-likeness (QED) is 0.722. The molecule has 0 fully saturated rings. The molecule has 1 unspecified atom stereocenters. The molecule has 102 valence electrons. The number of pyridine rings is 1. The van der Waals surface area contributed by atoms with Crippen LogP contribution < -0.4 is 11.1 Å². The van der Waals surface area contributed by atoms with E-state index in [2.05, 4.69) is 24.1 Å². The molecule has 1 aromatic carbocycles. The Bertz CT molecular complexity index is 570. The van der Waals surface area contributed by atoms with Gasteiger partial charge in [-0.3, -0.25) is 4.98 Å². The first-order valence-electron chi connectivity index (χ1n) is 6.62. The molecule has 0 amide bonds. The summed E-state index contributed by atoms with van der Waals surface area (Å²) in [7, 11) is 0. The van der Waals surface area contributed by atoms with Gasteiger partial charge >= 0.3 is 0 Å². The predicted octanol–water partition coefficient (Wildman–Crippen LogP) is 2.78. The molecule has 19 heavy (non-hydrogen) atoms. The number of hydrogen-bond acceptors (Lipinski definition) is 4. The lowest BCUT2D eigenvalue weighted by Gasteiger charge is -2.31. The molecule has 0 bridgehead atoms. The van der Waals surface area contributed by atoms with Crippen LogP contribution in [0.4, 0.5) is 11.4 Å². The normalized spacial score (nSPS) is 14.3. The Kier molecular flexibility index (Phi) is 3.90. The van der Waals surface area contributed by atoms with Gasteiger partial charge in [0.1, 0.15) is 0 Å². The van der Waals surface area contributed by atoms with Gasteiger partial charge in [-0.25, -0.2) is 0 Å². The van der Waals surface area contributed by atoms with E-state index in [1.54, 1.807) is 6.20 Å². The zero-order valence-corrected chi connectivity index (χ0v) is 11.5. The summed E-state index contributed by atoms with van der Waals surface area (Å²) < 4.78 is 0. The zero-order chi connectivity index (χ0) is 13.9. The molecule has 0 saturated carbocycles. The second kappa shape index (κ2) is 5.45. The number of aliphatic hydroxyl groups excluding tert-OH is 1. The maximum absolute atomic E-state index is 9.17. The van der Waals surface area contributed by atoms with Crippen molar-refractivity contribution in [2.24, 2.45) is 0 Å². The third-order valence-electron chi connectivity index (χ3n) is 3.71. The standard InChI is InChI=1S/C15H21N3O/c1-3-15(2,8-10-19)18-13-7-6-12-11(14(13)16)5-4-9-17-12/h4-7,9,18-19H,3,8,10,16H2,1-2H3. The minimum Gasteiger partial charge on any atom is -0.397 e. The average Bonchev–Trinajstić information content (AvgIpc) is 2.43. The Morgan fingerprint density at radius 1 is 1.37 bits per heavy atom. The molecule has 4 N–H and O–H groups in total. The van der Waals surface area contributed by atoms with Crippen molar-refractivity contribution in [1.82, 2.24) is 4.98 Å². The second-order valence-corrected chi connectivity index (χ2v) is 5.11. The van der Waals surface area contributed by atoms with Crippen LogP contribution in [0.3, 0.4) is 0 Å². The van der Waals surface area contributed by atoms with Crippen molar-refractivity contribution in [1.29, 1.82) is 0 Å². The number of aliphatic hydroxyl groups is 1. The Hall–Kier alpha value is -1.81. The highest BCUT2D eigenvalue weighted by molar-refractivity contribution is 5.96. The lowest BCUT2D eigenvalue weighted by Crippen LogP contribution is -2.35. The van der Waals surface area contributed by atoms with Gasteiger partial charge in [0, 0.05) is 23.7 Å². The van der Waals surface area contributed by atoms with Crippen LogP contribution >= 0.6 is 0 Å². The third kappa shape index (κ3) is 2.79. The van der Waals surface area contributed by atoms with Crippen molar-refractivity contribution in [3.8, 4) is 0 Å². The second-order valence-electron chi connectivity index (χ2n) is 5.11. The molecule has 0 aliphatic heterocycles. The van der Waals surface area contributed by atoms with E-state index in [-0.39, 0.29) is 12.1 Å². The van der Waals surface area contributed by atoms with Gasteiger partial charge in [0.2, 0.25) is 0 Å². The van der Waals surface area contributed by atoms with E-state index < -0.39 is 0 Å². The Labute approximate surface area is 113 Å². The van der Waals surface area contributed by atoms with Crippen molar-refractivity contribution in [2.45, 2.75) is 32.2 Å². The molecule has 0 aliphatic rings. The van der Waals surface area contributed by atoms with Crippen LogP contribution in [0.15, 0.2) is 30.5 Å². The summed E-state index contributed by atoms with van der Waals surface area (Å²) in [5.41, 5.74) is 8.56. The maximum Gasteiger partial charge on any atom is 0.0724 e. The molecule has 4 heteroatoms. The minimum absolute atomic E-state index is 0.154. The first-order valence-corrected chi connectivity index (χ1v) is 6.62. The van der Waals surface area contributed by atoms with Crippen LogP contribution in [0.2, 0.25) is 0 Å². The highest BCUT2D eigenvalue weighted by atomic mass is 16.3. The number of nitrogens with one attached hydrogen (secondary N) is 1. The van der Waals surface area contributed by atoms with E-state index >= 15 is 0 Å². The number of nitrogen functional groups attached to an aromatic ring is 1. The number of nitrogens with zero attached hydrogens (tertiary/aromatic N) is 1. The fourth-order valence-electron chi connectivity index (χ4n) is 2.18. The Morgan fingerprint density at radius 2 is 2.16 bits per heavy atom. The van der Waals surface area contributed by atoms with E-state index in [4.69, 9.17) is 5.73 Å². The summed E-state index contributed by atoms with van der Waals surface area (Å²) >= 11 is 0. The molecule has 1 heterocycles. The molecule has 0 spiro atoms. The van der Waals surface area contributed by atoms with Crippen molar-refractivity contribution in [3.05, 3.63) is 30.5 Å². The summed E-state index contributed by atoms with van der Waals surface area (Å²) in [6, 6.07) is 7.77. The maximum atomic E-state index is 9.17. The molecule has 1 atom stereocenters. The van der Waals surface area contributed by atoms with Gasteiger partial charge in [0.05, 0.1) is 16.9 Å². The monoisotopic (exact) mass is 259 g/mol. The summed E-state index contributed by atoms with van der Waals surface area (Å²) in [6.07, 6.45) is 3.36. The molecule has 2 rings (SSSR count). The van der Waals surface area contributed by atoms with E-state index in [0.29, 0.717) is 12.1 Å². The minimum atomic E-state index is -0.154. The highest BCUT2D eigenvalue weighted by Gasteiger charge is 2.22. The number of benzene rings is 1. The summed E-state index contributed by atoms with van der Waals surface area (Å²) in [5.74, 6) is 0. The lowest BCUT2D eigenvalue weighted by atomic mass is 9.94. The number of nitrogens with two attached hydrogens (primary N) is 1. The first kappa shape index (κ1) is 13.6. The largest absolute Gasteiger partial charge is 0.397 e. The van der Waals surface area contributed by atoms with E-state index in [1.165, 1.54) is 0 Å². The van der Waals surface area contributed by atoms with Crippen molar-refractivity contribution in [2.75, 3.05) is 17.7 Å². The number of rotatable bonds is 5. The number of fused-ring (bicyclic) bond motifs is 1. The number of aromatic nitrogens is 1. The van der Waals surface area contributed by atoms with Crippen LogP contribution in [0.5, 0.6) is 0 Å².